The molecule has 118 valence electrons. The van der Waals surface area contributed by atoms with Crippen molar-refractivity contribution in [3.63, 3.8) is 0 Å². The second-order valence-corrected chi connectivity index (χ2v) is 7.32. The summed E-state index contributed by atoms with van der Waals surface area (Å²) in [7, 11) is 0. The number of carbonyl (C=O) groups is 2. The molecule has 1 heterocycles. The van der Waals surface area contributed by atoms with Crippen LogP contribution in [-0.4, -0.2) is 46.6 Å². The normalized spacial score (nSPS) is 36.9. The zero-order chi connectivity index (χ0) is 15.0. The molecule has 3 unspecified atom stereocenters. The fraction of sp³-hybridized carbons (Fsp3) is 0.875. The highest BCUT2D eigenvalue weighted by atomic mass is 16.3. The van der Waals surface area contributed by atoms with Gasteiger partial charge >= 0.3 is 0 Å². The predicted molar refractivity (Wildman–Crippen MR) is 78.4 cm³/mol. The van der Waals surface area contributed by atoms with Crippen LogP contribution in [0.4, 0.5) is 0 Å². The van der Waals surface area contributed by atoms with E-state index >= 15 is 0 Å². The van der Waals surface area contributed by atoms with Crippen molar-refractivity contribution in [2.45, 2.75) is 63.5 Å². The fourth-order valence-electron chi connectivity index (χ4n) is 3.84. The Labute approximate surface area is 126 Å². The number of nitrogens with one attached hydrogen (secondary N) is 1. The third-order valence-electron chi connectivity index (χ3n) is 5.18. The first-order chi connectivity index (χ1) is 9.97. The third-order valence-corrected chi connectivity index (χ3v) is 5.18. The maximum Gasteiger partial charge on any atom is 0.225 e. The van der Waals surface area contributed by atoms with E-state index in [1.165, 1.54) is 0 Å². The minimum absolute atomic E-state index is 0.0712. The van der Waals surface area contributed by atoms with E-state index in [-0.39, 0.29) is 17.7 Å². The number of hydrogen-bond acceptors (Lipinski definition) is 3. The molecule has 2 amide bonds. The lowest BCUT2D eigenvalue weighted by Gasteiger charge is -2.35. The second-order valence-electron chi connectivity index (χ2n) is 7.32. The Balaban J connectivity index is 1.49. The molecule has 3 fully saturated rings. The van der Waals surface area contributed by atoms with Crippen molar-refractivity contribution in [1.82, 2.24) is 10.2 Å². The van der Waals surface area contributed by atoms with E-state index in [0.717, 1.165) is 38.5 Å². The second kappa shape index (κ2) is 5.59. The number of aliphatic hydroxyl groups is 1. The number of amides is 2. The summed E-state index contributed by atoms with van der Waals surface area (Å²) in [5.41, 5.74) is -0.758. The van der Waals surface area contributed by atoms with Gasteiger partial charge in [-0.1, -0.05) is 19.8 Å². The minimum atomic E-state index is -0.758. The van der Waals surface area contributed by atoms with Crippen LogP contribution in [0.2, 0.25) is 0 Å². The molecule has 2 aliphatic carbocycles. The van der Waals surface area contributed by atoms with E-state index in [9.17, 15) is 14.7 Å². The highest BCUT2D eigenvalue weighted by Gasteiger charge is 2.42. The van der Waals surface area contributed by atoms with Gasteiger partial charge in [0.15, 0.2) is 0 Å². The van der Waals surface area contributed by atoms with Gasteiger partial charge in [0.1, 0.15) is 0 Å². The Bertz CT molecular complexity index is 435. The summed E-state index contributed by atoms with van der Waals surface area (Å²) in [6, 6.07) is 0.388. The van der Waals surface area contributed by atoms with Crippen LogP contribution >= 0.6 is 0 Å². The van der Waals surface area contributed by atoms with Gasteiger partial charge in [0.05, 0.1) is 11.5 Å². The number of nitrogens with zero attached hydrogens (tertiary/aromatic N) is 1. The summed E-state index contributed by atoms with van der Waals surface area (Å²) in [6.45, 7) is 3.03. The van der Waals surface area contributed by atoms with Crippen LogP contribution in [0.5, 0.6) is 0 Å². The molecule has 0 radical (unpaired) electrons. The highest BCUT2D eigenvalue weighted by Crippen LogP contribution is 2.33. The Morgan fingerprint density at radius 3 is 2.86 bits per heavy atom. The summed E-state index contributed by atoms with van der Waals surface area (Å²) in [6.07, 6.45) is 6.18. The van der Waals surface area contributed by atoms with E-state index in [1.54, 1.807) is 0 Å². The van der Waals surface area contributed by atoms with Gasteiger partial charge < -0.3 is 15.3 Å². The molecule has 5 nitrogen and oxygen atoms in total. The summed E-state index contributed by atoms with van der Waals surface area (Å²) >= 11 is 0. The molecule has 1 saturated heterocycles. The van der Waals surface area contributed by atoms with Crippen LogP contribution in [0.1, 0.15) is 51.9 Å². The Morgan fingerprint density at radius 1 is 1.43 bits per heavy atom. The molecule has 3 atom stereocenters. The number of carbonyl (C=O) groups excluding carboxylic acids is 2. The zero-order valence-electron chi connectivity index (χ0n) is 12.8. The van der Waals surface area contributed by atoms with Gasteiger partial charge in [-0.2, -0.15) is 0 Å². The van der Waals surface area contributed by atoms with Crippen LogP contribution in [0.15, 0.2) is 0 Å². The molecule has 0 aromatic rings. The third kappa shape index (κ3) is 3.39. The number of hydrogen-bond donors (Lipinski definition) is 2. The van der Waals surface area contributed by atoms with Crippen LogP contribution in [0, 0.1) is 11.8 Å². The SMILES string of the molecule is CC1CCCC(O)(CNC(=O)C2CC(=O)N(C3CC3)C2)C1. The van der Waals surface area contributed by atoms with Gasteiger partial charge in [-0.25, -0.2) is 0 Å². The van der Waals surface area contributed by atoms with E-state index in [2.05, 4.69) is 12.2 Å². The van der Waals surface area contributed by atoms with Gasteiger partial charge in [0, 0.05) is 25.6 Å². The van der Waals surface area contributed by atoms with Crippen molar-refractivity contribution in [1.29, 1.82) is 0 Å². The lowest BCUT2D eigenvalue weighted by atomic mass is 9.79. The van der Waals surface area contributed by atoms with E-state index in [4.69, 9.17) is 0 Å². The molecule has 0 aromatic carbocycles. The molecular weight excluding hydrogens is 268 g/mol. The zero-order valence-corrected chi connectivity index (χ0v) is 12.8. The molecule has 2 N–H and O–H groups in total. The molecule has 21 heavy (non-hydrogen) atoms. The minimum Gasteiger partial charge on any atom is -0.388 e. The largest absolute Gasteiger partial charge is 0.388 e. The fourth-order valence-corrected chi connectivity index (χ4v) is 3.84. The maximum absolute atomic E-state index is 12.2. The standard InChI is InChI=1S/C16H26N2O3/c1-11-3-2-6-16(21,8-11)10-17-15(20)12-7-14(19)18(9-12)13-4-5-13/h11-13,21H,2-10H2,1H3,(H,17,20). The molecule has 0 aromatic heterocycles. The average Bonchev–Trinajstić information content (AvgIpc) is 3.19. The van der Waals surface area contributed by atoms with E-state index in [0.29, 0.717) is 31.5 Å². The van der Waals surface area contributed by atoms with Crippen molar-refractivity contribution < 1.29 is 14.7 Å². The van der Waals surface area contributed by atoms with Crippen LogP contribution in [-0.2, 0) is 9.59 Å². The Morgan fingerprint density at radius 2 is 2.19 bits per heavy atom. The van der Waals surface area contributed by atoms with Crippen LogP contribution in [0.25, 0.3) is 0 Å². The van der Waals surface area contributed by atoms with Crippen molar-refractivity contribution in [3.8, 4) is 0 Å². The van der Waals surface area contributed by atoms with Gasteiger partial charge in [-0.15, -0.1) is 0 Å². The topological polar surface area (TPSA) is 69.6 Å². The summed E-state index contributed by atoms with van der Waals surface area (Å²) in [4.78, 5) is 26.0. The summed E-state index contributed by atoms with van der Waals surface area (Å²) in [5.74, 6) is 0.322. The summed E-state index contributed by atoms with van der Waals surface area (Å²) in [5, 5.41) is 13.4. The lowest BCUT2D eigenvalue weighted by molar-refractivity contribution is -0.129. The molecular formula is C16H26N2O3. The number of likely N-dealkylation sites (tertiary alicyclic amines) is 1. The van der Waals surface area contributed by atoms with Crippen molar-refractivity contribution in [2.24, 2.45) is 11.8 Å². The van der Waals surface area contributed by atoms with Crippen molar-refractivity contribution >= 4 is 11.8 Å². The average molecular weight is 294 g/mol. The maximum atomic E-state index is 12.2. The first-order valence-electron chi connectivity index (χ1n) is 8.26. The molecule has 3 aliphatic rings. The molecule has 0 bridgehead atoms. The van der Waals surface area contributed by atoms with Crippen molar-refractivity contribution in [3.05, 3.63) is 0 Å². The van der Waals surface area contributed by atoms with Gasteiger partial charge in [-0.05, 0) is 31.6 Å². The number of rotatable bonds is 4. The first-order valence-corrected chi connectivity index (χ1v) is 8.26. The monoisotopic (exact) mass is 294 g/mol. The van der Waals surface area contributed by atoms with Crippen LogP contribution in [0.3, 0.4) is 0 Å². The Kier molecular flexibility index (Phi) is 3.95. The summed E-state index contributed by atoms with van der Waals surface area (Å²) < 4.78 is 0. The molecule has 1 aliphatic heterocycles. The molecule has 5 heteroatoms. The molecule has 3 rings (SSSR count). The first kappa shape index (κ1) is 14.8. The van der Waals surface area contributed by atoms with Gasteiger partial charge in [0.2, 0.25) is 11.8 Å². The highest BCUT2D eigenvalue weighted by molar-refractivity contribution is 5.89. The quantitative estimate of drug-likeness (QED) is 0.814. The predicted octanol–water partition coefficient (Wildman–Crippen LogP) is 1.05. The van der Waals surface area contributed by atoms with Crippen LogP contribution < -0.4 is 5.32 Å². The van der Waals surface area contributed by atoms with E-state index < -0.39 is 5.60 Å². The lowest BCUT2D eigenvalue weighted by Crippen LogP contribution is -2.47. The molecule has 0 spiro atoms. The smallest absolute Gasteiger partial charge is 0.225 e. The van der Waals surface area contributed by atoms with Crippen molar-refractivity contribution in [2.75, 3.05) is 13.1 Å². The van der Waals surface area contributed by atoms with Gasteiger partial charge in [0.25, 0.3) is 0 Å². The Hall–Kier alpha value is -1.10. The van der Waals surface area contributed by atoms with Gasteiger partial charge in [-0.3, -0.25) is 9.59 Å². The van der Waals surface area contributed by atoms with E-state index in [1.807, 2.05) is 4.90 Å². The molecule has 2 saturated carbocycles.